The molecule has 0 aromatic heterocycles. The smallest absolute Gasteiger partial charge is 0.249 e. The first-order chi connectivity index (χ1) is 12.9. The van der Waals surface area contributed by atoms with Crippen molar-refractivity contribution in [2.45, 2.75) is 27.2 Å². The molecule has 6 nitrogen and oxygen atoms in total. The minimum atomic E-state index is -0.499. The fourth-order valence-corrected chi connectivity index (χ4v) is 2.79. The van der Waals surface area contributed by atoms with Gasteiger partial charge < -0.3 is 10.1 Å². The number of hydrogen-bond donors (Lipinski definition) is 2. The van der Waals surface area contributed by atoms with Gasteiger partial charge in [-0.1, -0.05) is 33.6 Å². The SMILES string of the molecule is CCOc1ccc(Br)cc1C=NNC(=O)CC(=O)Nc1ccc(C)cc1C. The number of nitrogens with one attached hydrogen (secondary N) is 2. The molecule has 0 saturated heterocycles. The number of hydrogen-bond acceptors (Lipinski definition) is 4. The van der Waals surface area contributed by atoms with Gasteiger partial charge in [0.2, 0.25) is 11.8 Å². The highest BCUT2D eigenvalue weighted by Gasteiger charge is 2.10. The normalized spacial score (nSPS) is 10.7. The Morgan fingerprint density at radius 3 is 2.63 bits per heavy atom. The molecule has 27 heavy (non-hydrogen) atoms. The van der Waals surface area contributed by atoms with Crippen LogP contribution in [0.15, 0.2) is 46.0 Å². The highest BCUT2D eigenvalue weighted by molar-refractivity contribution is 9.10. The maximum Gasteiger partial charge on any atom is 0.249 e. The number of halogens is 1. The van der Waals surface area contributed by atoms with Gasteiger partial charge in [0.1, 0.15) is 12.2 Å². The summed E-state index contributed by atoms with van der Waals surface area (Å²) in [5.74, 6) is -0.236. The number of ether oxygens (including phenoxy) is 1. The summed E-state index contributed by atoms with van der Waals surface area (Å²) < 4.78 is 6.38. The minimum Gasteiger partial charge on any atom is -0.493 e. The Morgan fingerprint density at radius 2 is 1.93 bits per heavy atom. The fourth-order valence-electron chi connectivity index (χ4n) is 2.41. The van der Waals surface area contributed by atoms with Crippen LogP contribution in [-0.4, -0.2) is 24.6 Å². The number of aryl methyl sites for hydroxylation is 2. The largest absolute Gasteiger partial charge is 0.493 e. The van der Waals surface area contributed by atoms with Crippen LogP contribution >= 0.6 is 15.9 Å². The summed E-state index contributed by atoms with van der Waals surface area (Å²) >= 11 is 3.39. The summed E-state index contributed by atoms with van der Waals surface area (Å²) in [7, 11) is 0. The van der Waals surface area contributed by atoms with Crippen LogP contribution in [0.3, 0.4) is 0 Å². The standard InChI is InChI=1S/C20H22BrN3O3/c1-4-27-18-8-6-16(21)10-15(18)12-22-24-20(26)11-19(25)23-17-7-5-13(2)9-14(17)3/h5-10,12H,4,11H2,1-3H3,(H,23,25)(H,24,26). The van der Waals surface area contributed by atoms with Gasteiger partial charge in [-0.05, 0) is 50.6 Å². The molecule has 2 N–H and O–H groups in total. The number of amides is 2. The highest BCUT2D eigenvalue weighted by Crippen LogP contribution is 2.21. The minimum absolute atomic E-state index is 0.318. The second-order valence-corrected chi connectivity index (χ2v) is 6.87. The predicted octanol–water partition coefficient (Wildman–Crippen LogP) is 3.94. The van der Waals surface area contributed by atoms with Gasteiger partial charge in [0.25, 0.3) is 0 Å². The zero-order valence-electron chi connectivity index (χ0n) is 15.5. The molecule has 0 spiro atoms. The van der Waals surface area contributed by atoms with E-state index in [0.717, 1.165) is 15.6 Å². The second kappa shape index (κ2) is 9.87. The van der Waals surface area contributed by atoms with E-state index >= 15 is 0 Å². The summed E-state index contributed by atoms with van der Waals surface area (Å²) in [5.41, 5.74) is 5.82. The molecule has 0 aliphatic carbocycles. The van der Waals surface area contributed by atoms with E-state index in [1.165, 1.54) is 6.21 Å². The maximum atomic E-state index is 12.0. The molecule has 0 heterocycles. The van der Waals surface area contributed by atoms with Gasteiger partial charge in [0, 0.05) is 15.7 Å². The molecule has 7 heteroatoms. The third-order valence-corrected chi connectivity index (χ3v) is 4.13. The number of nitrogens with zero attached hydrogens (tertiary/aromatic N) is 1. The molecule has 2 aromatic rings. The van der Waals surface area contributed by atoms with Gasteiger partial charge in [0.05, 0.1) is 12.8 Å². The zero-order valence-corrected chi connectivity index (χ0v) is 17.1. The van der Waals surface area contributed by atoms with Crippen molar-refractivity contribution in [3.63, 3.8) is 0 Å². The van der Waals surface area contributed by atoms with E-state index in [1.807, 2.05) is 57.2 Å². The van der Waals surface area contributed by atoms with Crippen LogP contribution in [0.5, 0.6) is 5.75 Å². The van der Waals surface area contributed by atoms with Crippen LogP contribution < -0.4 is 15.5 Å². The van der Waals surface area contributed by atoms with E-state index in [1.54, 1.807) is 0 Å². The fraction of sp³-hybridized carbons (Fsp3) is 0.250. The molecule has 0 saturated carbocycles. The van der Waals surface area contributed by atoms with Gasteiger partial charge >= 0.3 is 0 Å². The molecule has 0 radical (unpaired) electrons. The van der Waals surface area contributed by atoms with Crippen LogP contribution in [0.4, 0.5) is 5.69 Å². The average Bonchev–Trinajstić information content (AvgIpc) is 2.60. The highest BCUT2D eigenvalue weighted by atomic mass is 79.9. The molecule has 2 rings (SSSR count). The van der Waals surface area contributed by atoms with Gasteiger partial charge in [-0.25, -0.2) is 5.43 Å². The van der Waals surface area contributed by atoms with E-state index in [9.17, 15) is 9.59 Å². The zero-order chi connectivity index (χ0) is 19.8. The number of anilines is 1. The van der Waals surface area contributed by atoms with Crippen molar-refractivity contribution in [2.24, 2.45) is 5.10 Å². The maximum absolute atomic E-state index is 12.0. The molecule has 0 bridgehead atoms. The van der Waals surface area contributed by atoms with Crippen LogP contribution in [-0.2, 0) is 9.59 Å². The number of rotatable bonds is 7. The number of benzene rings is 2. The first kappa shape index (κ1) is 20.6. The van der Waals surface area contributed by atoms with Crippen molar-refractivity contribution in [2.75, 3.05) is 11.9 Å². The number of carbonyl (C=O) groups is 2. The summed E-state index contributed by atoms with van der Waals surface area (Å²) in [6.45, 7) is 6.29. The third-order valence-electron chi connectivity index (χ3n) is 3.64. The lowest BCUT2D eigenvalue weighted by molar-refractivity contribution is -0.126. The first-order valence-corrected chi connectivity index (χ1v) is 9.29. The Bertz CT molecular complexity index is 866. The molecule has 0 fully saturated rings. The topological polar surface area (TPSA) is 79.8 Å². The lowest BCUT2D eigenvalue weighted by atomic mass is 10.1. The molecule has 142 valence electrons. The van der Waals surface area contributed by atoms with E-state index in [2.05, 4.69) is 31.8 Å². The first-order valence-electron chi connectivity index (χ1n) is 8.50. The van der Waals surface area contributed by atoms with Gasteiger partial charge in [-0.15, -0.1) is 0 Å². The van der Waals surface area contributed by atoms with Gasteiger partial charge in [0.15, 0.2) is 0 Å². The van der Waals surface area contributed by atoms with E-state index in [4.69, 9.17) is 4.74 Å². The second-order valence-electron chi connectivity index (χ2n) is 5.95. The molecular weight excluding hydrogens is 410 g/mol. The Balaban J connectivity index is 1.91. The Labute approximate surface area is 167 Å². The van der Waals surface area contributed by atoms with Crippen molar-refractivity contribution in [3.05, 3.63) is 57.6 Å². The predicted molar refractivity (Wildman–Crippen MR) is 110 cm³/mol. The number of carbonyl (C=O) groups excluding carboxylic acids is 2. The van der Waals surface area contributed by atoms with Gasteiger partial charge in [-0.3, -0.25) is 9.59 Å². The quantitative estimate of drug-likeness (QED) is 0.395. The summed E-state index contributed by atoms with van der Waals surface area (Å²) in [5, 5.41) is 6.64. The van der Waals surface area contributed by atoms with Crippen molar-refractivity contribution in [1.29, 1.82) is 0 Å². The van der Waals surface area contributed by atoms with Crippen molar-refractivity contribution in [1.82, 2.24) is 5.43 Å². The number of hydrazone groups is 1. The lowest BCUT2D eigenvalue weighted by Crippen LogP contribution is -2.24. The molecule has 2 aromatic carbocycles. The summed E-state index contributed by atoms with van der Waals surface area (Å²) in [6.07, 6.45) is 1.16. The average molecular weight is 432 g/mol. The van der Waals surface area contributed by atoms with Crippen molar-refractivity contribution < 1.29 is 14.3 Å². The van der Waals surface area contributed by atoms with Crippen LogP contribution in [0.1, 0.15) is 30.0 Å². The summed E-state index contributed by atoms with van der Waals surface area (Å²) in [4.78, 5) is 24.0. The third kappa shape index (κ3) is 6.53. The monoisotopic (exact) mass is 431 g/mol. The molecule has 0 aliphatic heterocycles. The van der Waals surface area contributed by atoms with Crippen LogP contribution in [0.25, 0.3) is 0 Å². The Hall–Kier alpha value is -2.67. The van der Waals surface area contributed by atoms with E-state index < -0.39 is 11.8 Å². The van der Waals surface area contributed by atoms with Crippen LogP contribution in [0.2, 0.25) is 0 Å². The molecule has 2 amide bonds. The Kier molecular flexibility index (Phi) is 7.55. The lowest BCUT2D eigenvalue weighted by Gasteiger charge is -2.09. The van der Waals surface area contributed by atoms with E-state index in [-0.39, 0.29) is 6.42 Å². The summed E-state index contributed by atoms with van der Waals surface area (Å²) in [6, 6.07) is 11.2. The van der Waals surface area contributed by atoms with Crippen molar-refractivity contribution in [3.8, 4) is 5.75 Å². The molecule has 0 atom stereocenters. The van der Waals surface area contributed by atoms with Crippen LogP contribution in [0, 0.1) is 13.8 Å². The molecule has 0 unspecified atom stereocenters. The van der Waals surface area contributed by atoms with Crippen molar-refractivity contribution >= 4 is 39.6 Å². The van der Waals surface area contributed by atoms with E-state index in [0.29, 0.717) is 23.6 Å². The Morgan fingerprint density at radius 1 is 1.15 bits per heavy atom. The molecule has 0 aliphatic rings. The van der Waals surface area contributed by atoms with Gasteiger partial charge in [-0.2, -0.15) is 5.10 Å². The molecular formula is C20H22BrN3O3.